The van der Waals surface area contributed by atoms with Gasteiger partial charge < -0.3 is 21.7 Å². The Kier molecular flexibility index (Phi) is 1.14. The molecule has 54 valence electrons. The van der Waals surface area contributed by atoms with Gasteiger partial charge in [-0.1, -0.05) is 0 Å². The lowest BCUT2D eigenvalue weighted by atomic mass is 10.7. The molecule has 0 aliphatic carbocycles. The Labute approximate surface area is 54.5 Å². The number of hydrogen-bond acceptors (Lipinski definition) is 6. The summed E-state index contributed by atoms with van der Waals surface area (Å²) in [5.74, 6) is 4.21. The van der Waals surface area contributed by atoms with Crippen LogP contribution in [0.5, 0.6) is 0 Å². The van der Waals surface area contributed by atoms with Crippen LogP contribution in [-0.2, 0) is 0 Å². The van der Waals surface area contributed by atoms with E-state index in [1.54, 1.807) is 0 Å². The smallest absolute Gasteiger partial charge is 0.375 e. The number of rotatable bonds is 1. The zero-order valence-corrected chi connectivity index (χ0v) is 4.76. The molecular formula is C2H4N6O2. The summed E-state index contributed by atoms with van der Waals surface area (Å²) in [6.07, 6.45) is 0. The zero-order chi connectivity index (χ0) is 7.72. The van der Waals surface area contributed by atoms with Crippen LogP contribution in [0.15, 0.2) is 0 Å². The lowest BCUT2D eigenvalue weighted by Crippen LogP contribution is -2.13. The molecule has 1 rings (SSSR count). The summed E-state index contributed by atoms with van der Waals surface area (Å²) < 4.78 is 0. The van der Waals surface area contributed by atoms with Crippen molar-refractivity contribution >= 4 is 11.6 Å². The topological polar surface area (TPSA) is 126 Å². The first kappa shape index (κ1) is 6.26. The van der Waals surface area contributed by atoms with E-state index in [-0.39, 0.29) is 5.82 Å². The van der Waals surface area contributed by atoms with Crippen LogP contribution in [0.2, 0.25) is 0 Å². The van der Waals surface area contributed by atoms with Crippen LogP contribution in [0, 0.1) is 10.1 Å². The van der Waals surface area contributed by atoms with Gasteiger partial charge in [-0.2, -0.15) is 0 Å². The van der Waals surface area contributed by atoms with Gasteiger partial charge in [0.05, 0.1) is 5.21 Å². The second kappa shape index (κ2) is 1.83. The van der Waals surface area contributed by atoms with Crippen molar-refractivity contribution in [2.75, 3.05) is 11.6 Å². The average Bonchev–Trinajstić information content (AvgIpc) is 2.14. The van der Waals surface area contributed by atoms with Gasteiger partial charge in [-0.25, -0.2) is 0 Å². The zero-order valence-electron chi connectivity index (χ0n) is 4.76. The maximum atomic E-state index is 9.99. The number of nitro groups is 1. The van der Waals surface area contributed by atoms with Crippen molar-refractivity contribution in [2.45, 2.75) is 0 Å². The lowest BCUT2D eigenvalue weighted by molar-refractivity contribution is -0.388. The number of anilines is 1. The highest BCUT2D eigenvalue weighted by Gasteiger charge is 2.18. The predicted molar refractivity (Wildman–Crippen MR) is 31.2 cm³/mol. The highest BCUT2D eigenvalue weighted by Crippen LogP contribution is 2.12. The van der Waals surface area contributed by atoms with Crippen molar-refractivity contribution in [2.24, 2.45) is 0 Å². The minimum Gasteiger partial charge on any atom is -0.375 e. The molecule has 0 saturated carbocycles. The van der Waals surface area contributed by atoms with Crippen molar-refractivity contribution < 1.29 is 4.92 Å². The normalized spacial score (nSPS) is 9.60. The van der Waals surface area contributed by atoms with Crippen LogP contribution < -0.4 is 11.6 Å². The molecule has 0 aliphatic heterocycles. The molecule has 0 aliphatic rings. The molecule has 10 heavy (non-hydrogen) atoms. The Morgan fingerprint density at radius 2 is 2.30 bits per heavy atom. The fraction of sp³-hybridized carbons (Fsp3) is 0. The van der Waals surface area contributed by atoms with Gasteiger partial charge in [-0.3, -0.25) is 0 Å². The summed E-state index contributed by atoms with van der Waals surface area (Å²) in [7, 11) is 0. The van der Waals surface area contributed by atoms with Gasteiger partial charge >= 0.3 is 5.82 Å². The second-order valence-corrected chi connectivity index (χ2v) is 1.50. The third-order valence-corrected chi connectivity index (χ3v) is 0.885. The quantitative estimate of drug-likeness (QED) is 0.280. The van der Waals surface area contributed by atoms with E-state index in [9.17, 15) is 10.1 Å². The molecule has 0 radical (unpaired) electrons. The molecule has 8 heteroatoms. The van der Waals surface area contributed by atoms with Crippen LogP contribution in [-0.4, -0.2) is 20.0 Å². The maximum absolute atomic E-state index is 9.99. The van der Waals surface area contributed by atoms with Gasteiger partial charge in [0.2, 0.25) is 5.82 Å². The van der Waals surface area contributed by atoms with Gasteiger partial charge in [0, 0.05) is 0 Å². The molecule has 0 saturated heterocycles. The Balaban J connectivity index is 3.17. The van der Waals surface area contributed by atoms with Gasteiger partial charge in [-0.05, 0) is 4.92 Å². The molecule has 4 N–H and O–H groups in total. The third-order valence-electron chi connectivity index (χ3n) is 0.885. The van der Waals surface area contributed by atoms with Crippen LogP contribution in [0.25, 0.3) is 0 Å². The minimum atomic E-state index is -0.758. The molecule has 8 nitrogen and oxygen atoms in total. The Bertz CT molecular complexity index is 265. The van der Waals surface area contributed by atoms with Crippen molar-refractivity contribution in [1.82, 2.24) is 15.1 Å². The van der Waals surface area contributed by atoms with Crippen LogP contribution in [0.1, 0.15) is 0 Å². The van der Waals surface area contributed by atoms with Gasteiger partial charge in [0.25, 0.3) is 0 Å². The molecule has 0 spiro atoms. The molecule has 1 aromatic heterocycles. The van der Waals surface area contributed by atoms with Crippen LogP contribution in [0.4, 0.5) is 11.6 Å². The van der Waals surface area contributed by atoms with Gasteiger partial charge in [0.15, 0.2) is 0 Å². The highest BCUT2D eigenvalue weighted by atomic mass is 16.6. The molecule has 0 unspecified atom stereocenters. The third kappa shape index (κ3) is 0.708. The predicted octanol–water partition coefficient (Wildman–Crippen LogP) is -1.52. The summed E-state index contributed by atoms with van der Waals surface area (Å²) in [5, 5.41) is 16.2. The number of hydrogen-bond donors (Lipinski definition) is 2. The standard InChI is InChI=1S/C2H4N6O2/c3-1-2(8(9)10)5-6-7(1)4/h3-4H2. The fourth-order valence-corrected chi connectivity index (χ4v) is 0.422. The summed E-state index contributed by atoms with van der Waals surface area (Å²) in [4.78, 5) is 9.87. The molecule has 0 bridgehead atoms. The number of nitrogens with two attached hydrogens (primary N) is 2. The van der Waals surface area contributed by atoms with Crippen molar-refractivity contribution in [1.29, 1.82) is 0 Å². The van der Waals surface area contributed by atoms with E-state index in [0.717, 1.165) is 0 Å². The van der Waals surface area contributed by atoms with E-state index in [2.05, 4.69) is 10.3 Å². The first-order valence-electron chi connectivity index (χ1n) is 2.23. The largest absolute Gasteiger partial charge is 0.436 e. The van der Waals surface area contributed by atoms with Gasteiger partial charge in [-0.15, -0.1) is 4.79 Å². The van der Waals surface area contributed by atoms with Crippen molar-refractivity contribution in [3.05, 3.63) is 10.1 Å². The summed E-state index contributed by atoms with van der Waals surface area (Å²) in [6, 6.07) is 0. The molecule has 1 heterocycles. The SMILES string of the molecule is Nc1c([N+](=O)[O-])nnn1N. The van der Waals surface area contributed by atoms with Gasteiger partial charge in [0.1, 0.15) is 5.10 Å². The molecule has 0 atom stereocenters. The van der Waals surface area contributed by atoms with Crippen LogP contribution in [0.3, 0.4) is 0 Å². The number of aromatic nitrogens is 3. The highest BCUT2D eigenvalue weighted by molar-refractivity contribution is 5.45. The maximum Gasteiger partial charge on any atom is 0.436 e. The van der Waals surface area contributed by atoms with Crippen molar-refractivity contribution in [3.63, 3.8) is 0 Å². The minimum absolute atomic E-state index is 0.259. The Morgan fingerprint density at radius 3 is 2.50 bits per heavy atom. The average molecular weight is 144 g/mol. The van der Waals surface area contributed by atoms with Crippen molar-refractivity contribution in [3.8, 4) is 0 Å². The van der Waals surface area contributed by atoms with E-state index in [1.807, 2.05) is 0 Å². The summed E-state index contributed by atoms with van der Waals surface area (Å²) in [5.41, 5.74) is 5.07. The van der Waals surface area contributed by atoms with E-state index >= 15 is 0 Å². The first-order valence-corrected chi connectivity index (χ1v) is 2.23. The van der Waals surface area contributed by atoms with Crippen LogP contribution >= 0.6 is 0 Å². The molecular weight excluding hydrogens is 140 g/mol. The molecule has 0 amide bonds. The summed E-state index contributed by atoms with van der Waals surface area (Å²) >= 11 is 0. The number of nitrogen functional groups attached to an aromatic ring is 2. The molecule has 1 aromatic rings. The van der Waals surface area contributed by atoms with E-state index in [4.69, 9.17) is 11.6 Å². The first-order chi connectivity index (χ1) is 4.63. The fourth-order valence-electron chi connectivity index (χ4n) is 0.422. The molecule has 0 aromatic carbocycles. The lowest BCUT2D eigenvalue weighted by Gasteiger charge is -1.88. The van der Waals surface area contributed by atoms with E-state index in [1.165, 1.54) is 0 Å². The van der Waals surface area contributed by atoms with E-state index < -0.39 is 10.7 Å². The summed E-state index contributed by atoms with van der Waals surface area (Å²) in [6.45, 7) is 0. The second-order valence-electron chi connectivity index (χ2n) is 1.50. The molecule has 0 fully saturated rings. The Hall–Kier alpha value is -1.86. The Morgan fingerprint density at radius 1 is 1.70 bits per heavy atom. The monoisotopic (exact) mass is 144 g/mol. The van der Waals surface area contributed by atoms with E-state index in [0.29, 0.717) is 4.79 Å². The number of nitrogens with zero attached hydrogens (tertiary/aromatic N) is 4.